The van der Waals surface area contributed by atoms with Crippen molar-refractivity contribution in [1.29, 1.82) is 0 Å². The number of carbonyl (C=O) groups excluding carboxylic acids is 2. The highest BCUT2D eigenvalue weighted by molar-refractivity contribution is 5.96. The van der Waals surface area contributed by atoms with E-state index in [0.29, 0.717) is 26.0 Å². The van der Waals surface area contributed by atoms with Crippen LogP contribution in [0, 0.1) is 0 Å². The molecule has 6 nitrogen and oxygen atoms in total. The van der Waals surface area contributed by atoms with Gasteiger partial charge >= 0.3 is 0 Å². The Morgan fingerprint density at radius 2 is 2.25 bits per heavy atom. The van der Waals surface area contributed by atoms with Crippen LogP contribution in [0.5, 0.6) is 0 Å². The third-order valence-corrected chi connectivity index (χ3v) is 3.84. The van der Waals surface area contributed by atoms with Crippen molar-refractivity contribution in [2.45, 2.75) is 25.3 Å². The van der Waals surface area contributed by atoms with Gasteiger partial charge in [-0.3, -0.25) is 14.6 Å². The lowest BCUT2D eigenvalue weighted by Crippen LogP contribution is -2.48. The predicted molar refractivity (Wildman–Crippen MR) is 71.0 cm³/mol. The Morgan fingerprint density at radius 1 is 1.35 bits per heavy atom. The summed E-state index contributed by atoms with van der Waals surface area (Å²) in [5, 5.41) is 2.66. The number of pyridine rings is 1. The van der Waals surface area contributed by atoms with Gasteiger partial charge in [-0.25, -0.2) is 0 Å². The van der Waals surface area contributed by atoms with Crippen molar-refractivity contribution in [3.8, 4) is 0 Å². The number of amides is 2. The Hall–Kier alpha value is -1.95. The molecule has 20 heavy (non-hydrogen) atoms. The quantitative estimate of drug-likeness (QED) is 0.802. The van der Waals surface area contributed by atoms with Gasteiger partial charge in [0.1, 0.15) is 6.73 Å². The highest BCUT2D eigenvalue weighted by atomic mass is 16.5. The Kier molecular flexibility index (Phi) is 3.64. The molecule has 3 heterocycles. The molecule has 1 unspecified atom stereocenters. The van der Waals surface area contributed by atoms with Crippen molar-refractivity contribution in [3.05, 3.63) is 29.6 Å². The Labute approximate surface area is 117 Å². The van der Waals surface area contributed by atoms with Crippen molar-refractivity contribution in [3.63, 3.8) is 0 Å². The zero-order valence-electron chi connectivity index (χ0n) is 11.2. The molecule has 0 radical (unpaired) electrons. The van der Waals surface area contributed by atoms with E-state index >= 15 is 0 Å². The maximum absolute atomic E-state index is 12.5. The lowest BCUT2D eigenvalue weighted by Gasteiger charge is -2.36. The molecule has 0 bridgehead atoms. The number of hydrogen-bond acceptors (Lipinski definition) is 4. The number of ether oxygens (including phenoxy) is 1. The maximum atomic E-state index is 12.5. The van der Waals surface area contributed by atoms with E-state index in [9.17, 15) is 9.59 Å². The SMILES string of the molecule is O=C1CCC(N2CCc3cnccc3C2=O)COCN1. The van der Waals surface area contributed by atoms with Crippen molar-refractivity contribution in [2.24, 2.45) is 0 Å². The highest BCUT2D eigenvalue weighted by Gasteiger charge is 2.30. The van der Waals surface area contributed by atoms with E-state index in [1.54, 1.807) is 18.5 Å². The molecule has 0 spiro atoms. The zero-order valence-corrected chi connectivity index (χ0v) is 11.2. The van der Waals surface area contributed by atoms with Gasteiger partial charge in [0.25, 0.3) is 5.91 Å². The summed E-state index contributed by atoms with van der Waals surface area (Å²) >= 11 is 0. The van der Waals surface area contributed by atoms with Crippen LogP contribution in [0.2, 0.25) is 0 Å². The number of nitrogens with zero attached hydrogens (tertiary/aromatic N) is 2. The predicted octanol–water partition coefficient (Wildman–Crippen LogP) is 0.333. The average Bonchev–Trinajstić information content (AvgIpc) is 2.45. The molecule has 1 aromatic heterocycles. The van der Waals surface area contributed by atoms with Gasteiger partial charge in [-0.2, -0.15) is 0 Å². The Balaban J connectivity index is 1.77. The summed E-state index contributed by atoms with van der Waals surface area (Å²) in [4.78, 5) is 29.9. The normalized spacial score (nSPS) is 23.6. The largest absolute Gasteiger partial charge is 0.359 e. The van der Waals surface area contributed by atoms with Crippen LogP contribution in [-0.4, -0.2) is 47.6 Å². The fraction of sp³-hybridized carbons (Fsp3) is 0.500. The van der Waals surface area contributed by atoms with Crippen LogP contribution in [0.15, 0.2) is 18.5 Å². The second-order valence-electron chi connectivity index (χ2n) is 5.09. The summed E-state index contributed by atoms with van der Waals surface area (Å²) in [7, 11) is 0. The summed E-state index contributed by atoms with van der Waals surface area (Å²) < 4.78 is 5.41. The molecule has 0 aromatic carbocycles. The van der Waals surface area contributed by atoms with Crippen LogP contribution in [0.25, 0.3) is 0 Å². The van der Waals surface area contributed by atoms with Gasteiger partial charge in [0, 0.05) is 30.9 Å². The second-order valence-corrected chi connectivity index (χ2v) is 5.09. The van der Waals surface area contributed by atoms with Gasteiger partial charge in [-0.1, -0.05) is 0 Å². The lowest BCUT2D eigenvalue weighted by molar-refractivity contribution is -0.124. The van der Waals surface area contributed by atoms with E-state index in [4.69, 9.17) is 4.74 Å². The lowest BCUT2D eigenvalue weighted by atomic mass is 9.98. The minimum Gasteiger partial charge on any atom is -0.359 e. The van der Waals surface area contributed by atoms with Gasteiger partial charge in [0.05, 0.1) is 12.6 Å². The van der Waals surface area contributed by atoms with Crippen molar-refractivity contribution in [1.82, 2.24) is 15.2 Å². The summed E-state index contributed by atoms with van der Waals surface area (Å²) in [6.07, 6.45) is 5.27. The molecule has 1 aromatic rings. The minimum absolute atomic E-state index is 0.0169. The van der Waals surface area contributed by atoms with E-state index in [-0.39, 0.29) is 24.6 Å². The smallest absolute Gasteiger partial charge is 0.254 e. The number of hydrogen-bond donors (Lipinski definition) is 1. The number of fused-ring (bicyclic) bond motifs is 1. The highest BCUT2D eigenvalue weighted by Crippen LogP contribution is 2.22. The summed E-state index contributed by atoms with van der Waals surface area (Å²) in [6, 6.07) is 1.73. The molecule has 1 atom stereocenters. The summed E-state index contributed by atoms with van der Waals surface area (Å²) in [6.45, 7) is 1.34. The van der Waals surface area contributed by atoms with Crippen molar-refractivity contribution >= 4 is 11.8 Å². The summed E-state index contributed by atoms with van der Waals surface area (Å²) in [5.74, 6) is -0.00742. The first-order valence-corrected chi connectivity index (χ1v) is 6.84. The zero-order chi connectivity index (χ0) is 13.9. The molecule has 0 saturated carbocycles. The topological polar surface area (TPSA) is 71.5 Å². The van der Waals surface area contributed by atoms with Gasteiger partial charge in [0.15, 0.2) is 0 Å². The van der Waals surface area contributed by atoms with E-state index in [0.717, 1.165) is 17.5 Å². The molecule has 0 aliphatic carbocycles. The molecule has 106 valence electrons. The molecule has 2 amide bonds. The van der Waals surface area contributed by atoms with Crippen LogP contribution < -0.4 is 5.32 Å². The van der Waals surface area contributed by atoms with E-state index in [2.05, 4.69) is 10.3 Å². The van der Waals surface area contributed by atoms with Crippen LogP contribution in [0.1, 0.15) is 28.8 Å². The molecular formula is C14H17N3O3. The van der Waals surface area contributed by atoms with E-state index in [1.807, 2.05) is 4.90 Å². The standard InChI is InChI=1S/C14H17N3O3/c18-13-2-1-11(8-20-9-16-13)17-6-4-10-7-15-5-3-12(10)14(17)19/h3,5,7,11H,1-2,4,6,8-9H2,(H,16,18). The first-order chi connectivity index (χ1) is 9.75. The van der Waals surface area contributed by atoms with Crippen LogP contribution in [-0.2, 0) is 16.0 Å². The van der Waals surface area contributed by atoms with Gasteiger partial charge in [-0.05, 0) is 24.5 Å². The number of carbonyl (C=O) groups is 2. The third kappa shape index (κ3) is 2.51. The number of rotatable bonds is 1. The molecule has 3 rings (SSSR count). The fourth-order valence-electron chi connectivity index (χ4n) is 2.72. The number of aromatic nitrogens is 1. The van der Waals surface area contributed by atoms with Gasteiger partial charge < -0.3 is 15.0 Å². The van der Waals surface area contributed by atoms with E-state index < -0.39 is 0 Å². The molecule has 6 heteroatoms. The summed E-state index contributed by atoms with van der Waals surface area (Å²) in [5.41, 5.74) is 1.72. The van der Waals surface area contributed by atoms with Crippen LogP contribution in [0.4, 0.5) is 0 Å². The Morgan fingerprint density at radius 3 is 3.15 bits per heavy atom. The van der Waals surface area contributed by atoms with Crippen LogP contribution in [0.3, 0.4) is 0 Å². The van der Waals surface area contributed by atoms with Gasteiger partial charge in [0.2, 0.25) is 5.91 Å². The van der Waals surface area contributed by atoms with Crippen LogP contribution >= 0.6 is 0 Å². The van der Waals surface area contributed by atoms with Crippen molar-refractivity contribution < 1.29 is 14.3 Å². The monoisotopic (exact) mass is 275 g/mol. The second kappa shape index (κ2) is 5.58. The molecule has 1 N–H and O–H groups in total. The average molecular weight is 275 g/mol. The first kappa shape index (κ1) is 13.1. The molecule has 2 aliphatic heterocycles. The van der Waals surface area contributed by atoms with E-state index in [1.165, 1.54) is 0 Å². The van der Waals surface area contributed by atoms with Gasteiger partial charge in [-0.15, -0.1) is 0 Å². The molecule has 1 fully saturated rings. The molecule has 1 saturated heterocycles. The third-order valence-electron chi connectivity index (χ3n) is 3.84. The minimum atomic E-state index is -0.0325. The van der Waals surface area contributed by atoms with Crippen molar-refractivity contribution in [2.75, 3.05) is 19.9 Å². The Bertz CT molecular complexity index is 532. The molecular weight excluding hydrogens is 258 g/mol. The first-order valence-electron chi connectivity index (χ1n) is 6.84. The molecule has 2 aliphatic rings. The number of nitrogens with one attached hydrogen (secondary N) is 1. The fourth-order valence-corrected chi connectivity index (χ4v) is 2.72. The maximum Gasteiger partial charge on any atom is 0.254 e.